The van der Waals surface area contributed by atoms with Crippen molar-refractivity contribution in [3.63, 3.8) is 0 Å². The Morgan fingerprint density at radius 3 is 2.41 bits per heavy atom. The predicted molar refractivity (Wildman–Crippen MR) is 155 cm³/mol. The number of methoxy groups -OCH3 is 2. The summed E-state index contributed by atoms with van der Waals surface area (Å²) in [7, 11) is 3.14. The average Bonchev–Trinajstić information content (AvgIpc) is 2.93. The van der Waals surface area contributed by atoms with Crippen LogP contribution in [0.15, 0.2) is 71.5 Å². The third kappa shape index (κ3) is 6.17. The smallest absolute Gasteiger partial charge is 0.322 e. The Labute approximate surface area is 233 Å². The molecule has 9 heteroatoms. The minimum Gasteiger partial charge on any atom is -0.497 e. The molecule has 0 fully saturated rings. The maximum atomic E-state index is 13.9. The van der Waals surface area contributed by atoms with Crippen LogP contribution < -0.4 is 20.3 Å². The van der Waals surface area contributed by atoms with Crippen LogP contribution in [0.3, 0.4) is 0 Å². The third-order valence-electron chi connectivity index (χ3n) is 6.59. The van der Waals surface area contributed by atoms with Gasteiger partial charge in [0.15, 0.2) is 0 Å². The van der Waals surface area contributed by atoms with E-state index < -0.39 is 6.04 Å². The Morgan fingerprint density at radius 1 is 1.03 bits per heavy atom. The first-order chi connectivity index (χ1) is 18.7. The van der Waals surface area contributed by atoms with E-state index in [-0.39, 0.29) is 11.6 Å². The van der Waals surface area contributed by atoms with Gasteiger partial charge in [-0.05, 0) is 73.9 Å². The van der Waals surface area contributed by atoms with Gasteiger partial charge in [-0.1, -0.05) is 37.6 Å². The number of nitrogens with zero attached hydrogens (tertiary/aromatic N) is 3. The van der Waals surface area contributed by atoms with Gasteiger partial charge in [0.1, 0.15) is 17.3 Å². The summed E-state index contributed by atoms with van der Waals surface area (Å²) < 4.78 is 12.3. The molecule has 0 aliphatic carbocycles. The minimum absolute atomic E-state index is 0.252. The first-order valence-electron chi connectivity index (χ1n) is 12.8. The van der Waals surface area contributed by atoms with Crippen molar-refractivity contribution in [1.29, 1.82) is 0 Å². The SMILES string of the molecule is COc1ccc(-n2c(C(C)N(CCC(C)C)C(=O)Nc3ccccc3OC)nc3cc(Cl)ccc3c2=O)cc1. The van der Waals surface area contributed by atoms with Crippen molar-refractivity contribution in [3.8, 4) is 17.2 Å². The number of benzene rings is 3. The maximum absolute atomic E-state index is 13.9. The molecule has 2 amide bonds. The normalized spacial score (nSPS) is 11.9. The third-order valence-corrected chi connectivity index (χ3v) is 6.82. The molecule has 0 aliphatic rings. The number of rotatable bonds is 9. The molecule has 1 atom stereocenters. The fourth-order valence-electron chi connectivity index (χ4n) is 4.38. The van der Waals surface area contributed by atoms with Crippen molar-refractivity contribution in [1.82, 2.24) is 14.5 Å². The van der Waals surface area contributed by atoms with Gasteiger partial charge in [-0.3, -0.25) is 9.36 Å². The van der Waals surface area contributed by atoms with Crippen LogP contribution in [0.5, 0.6) is 11.5 Å². The van der Waals surface area contributed by atoms with Crippen molar-refractivity contribution >= 4 is 34.2 Å². The van der Waals surface area contributed by atoms with Crippen LogP contribution in [0.25, 0.3) is 16.6 Å². The van der Waals surface area contributed by atoms with Gasteiger partial charge in [0, 0.05) is 11.6 Å². The van der Waals surface area contributed by atoms with Crippen molar-refractivity contribution in [3.05, 3.63) is 87.9 Å². The minimum atomic E-state index is -0.573. The van der Waals surface area contributed by atoms with Crippen molar-refractivity contribution in [2.45, 2.75) is 33.2 Å². The molecule has 1 unspecified atom stereocenters. The number of ether oxygens (including phenoxy) is 2. The Balaban J connectivity index is 1.85. The first kappa shape index (κ1) is 28.0. The Bertz CT molecular complexity index is 1520. The van der Waals surface area contributed by atoms with Crippen LogP contribution in [-0.4, -0.2) is 41.2 Å². The number of fused-ring (bicyclic) bond motifs is 1. The number of carbonyl (C=O) groups is 1. The molecule has 1 heterocycles. The van der Waals surface area contributed by atoms with Crippen LogP contribution in [0, 0.1) is 5.92 Å². The Hall–Kier alpha value is -4.04. The van der Waals surface area contributed by atoms with Gasteiger partial charge in [0.2, 0.25) is 0 Å². The molecular weight excluding hydrogens is 516 g/mol. The molecule has 0 spiro atoms. The molecule has 4 aromatic rings. The van der Waals surface area contributed by atoms with Gasteiger partial charge >= 0.3 is 6.03 Å². The first-order valence-corrected chi connectivity index (χ1v) is 13.2. The molecule has 204 valence electrons. The van der Waals surface area contributed by atoms with E-state index in [1.807, 2.05) is 19.1 Å². The van der Waals surface area contributed by atoms with Crippen LogP contribution >= 0.6 is 11.6 Å². The molecule has 0 radical (unpaired) electrons. The summed E-state index contributed by atoms with van der Waals surface area (Å²) in [4.78, 5) is 34.2. The van der Waals surface area contributed by atoms with Gasteiger partial charge in [0.05, 0.1) is 42.5 Å². The lowest BCUT2D eigenvalue weighted by Crippen LogP contribution is -2.40. The zero-order valence-electron chi connectivity index (χ0n) is 22.8. The summed E-state index contributed by atoms with van der Waals surface area (Å²) >= 11 is 6.26. The number of aromatic nitrogens is 2. The second-order valence-electron chi connectivity index (χ2n) is 9.65. The lowest BCUT2D eigenvalue weighted by molar-refractivity contribution is 0.185. The molecule has 1 aromatic heterocycles. The summed E-state index contributed by atoms with van der Waals surface area (Å²) in [6.07, 6.45) is 0.760. The van der Waals surface area contributed by atoms with E-state index >= 15 is 0 Å². The molecule has 3 aromatic carbocycles. The van der Waals surface area contributed by atoms with Crippen molar-refractivity contribution in [2.75, 3.05) is 26.1 Å². The van der Waals surface area contributed by atoms with E-state index in [1.165, 1.54) is 0 Å². The monoisotopic (exact) mass is 548 g/mol. The molecule has 0 saturated heterocycles. The highest BCUT2D eigenvalue weighted by Gasteiger charge is 2.28. The zero-order valence-corrected chi connectivity index (χ0v) is 23.5. The summed E-state index contributed by atoms with van der Waals surface area (Å²) in [5.41, 5.74) is 1.38. The molecule has 8 nitrogen and oxygen atoms in total. The summed E-state index contributed by atoms with van der Waals surface area (Å²) in [5, 5.41) is 3.88. The molecule has 4 rings (SSSR count). The maximum Gasteiger partial charge on any atom is 0.322 e. The summed E-state index contributed by atoms with van der Waals surface area (Å²) in [6.45, 7) is 6.53. The average molecular weight is 549 g/mol. The summed E-state index contributed by atoms with van der Waals surface area (Å²) in [6, 6.07) is 18.5. The quantitative estimate of drug-likeness (QED) is 0.251. The lowest BCUT2D eigenvalue weighted by atomic mass is 10.1. The molecule has 39 heavy (non-hydrogen) atoms. The fourth-order valence-corrected chi connectivity index (χ4v) is 4.55. The second kappa shape index (κ2) is 12.2. The Morgan fingerprint density at radius 2 is 1.74 bits per heavy atom. The van der Waals surface area contributed by atoms with Crippen LogP contribution in [-0.2, 0) is 0 Å². The van der Waals surface area contributed by atoms with Gasteiger partial charge < -0.3 is 19.7 Å². The van der Waals surface area contributed by atoms with Crippen molar-refractivity contribution in [2.24, 2.45) is 5.92 Å². The van der Waals surface area contributed by atoms with Crippen LogP contribution in [0.1, 0.15) is 39.1 Å². The molecule has 1 N–H and O–H groups in total. The van der Waals surface area contributed by atoms with Gasteiger partial charge in [-0.15, -0.1) is 0 Å². The lowest BCUT2D eigenvalue weighted by Gasteiger charge is -2.31. The highest BCUT2D eigenvalue weighted by molar-refractivity contribution is 6.31. The molecule has 0 bridgehead atoms. The number of para-hydroxylation sites is 2. The van der Waals surface area contributed by atoms with Crippen molar-refractivity contribution < 1.29 is 14.3 Å². The predicted octanol–water partition coefficient (Wildman–Crippen LogP) is 6.70. The van der Waals surface area contributed by atoms with E-state index in [1.54, 1.807) is 78.3 Å². The number of urea groups is 1. The standard InChI is InChI=1S/C30H33ClN4O4/c1-19(2)16-17-34(30(37)33-25-8-6-7-9-27(25)39-5)20(3)28-32-26-18-21(31)10-15-24(26)29(36)35(28)22-11-13-23(38-4)14-12-22/h6-15,18-20H,16-17H2,1-5H3,(H,33,37). The zero-order chi connectivity index (χ0) is 28.1. The number of amides is 2. The van der Waals surface area contributed by atoms with Gasteiger partial charge in [-0.25, -0.2) is 9.78 Å². The highest BCUT2D eigenvalue weighted by atomic mass is 35.5. The van der Waals surface area contributed by atoms with E-state index in [0.717, 1.165) is 6.42 Å². The van der Waals surface area contributed by atoms with Crippen LogP contribution in [0.2, 0.25) is 5.02 Å². The van der Waals surface area contributed by atoms with E-state index in [9.17, 15) is 9.59 Å². The second-order valence-corrected chi connectivity index (χ2v) is 10.1. The topological polar surface area (TPSA) is 85.7 Å². The van der Waals surface area contributed by atoms with E-state index in [2.05, 4.69) is 19.2 Å². The fraction of sp³-hybridized carbons (Fsp3) is 0.300. The molecular formula is C30H33ClN4O4. The number of hydrogen-bond donors (Lipinski definition) is 1. The number of halogens is 1. The largest absolute Gasteiger partial charge is 0.497 e. The number of carbonyl (C=O) groups excluding carboxylic acids is 1. The van der Waals surface area contributed by atoms with E-state index in [4.69, 9.17) is 26.1 Å². The molecule has 0 saturated carbocycles. The number of hydrogen-bond acceptors (Lipinski definition) is 5. The summed E-state index contributed by atoms with van der Waals surface area (Å²) in [5.74, 6) is 1.98. The van der Waals surface area contributed by atoms with Gasteiger partial charge in [0.25, 0.3) is 5.56 Å². The molecule has 0 aliphatic heterocycles. The van der Waals surface area contributed by atoms with Gasteiger partial charge in [-0.2, -0.15) is 0 Å². The highest BCUT2D eigenvalue weighted by Crippen LogP contribution is 2.28. The number of nitrogens with one attached hydrogen (secondary N) is 1. The van der Waals surface area contributed by atoms with Crippen LogP contribution in [0.4, 0.5) is 10.5 Å². The number of anilines is 1. The van der Waals surface area contributed by atoms with E-state index in [0.29, 0.717) is 57.1 Å². The Kier molecular flexibility index (Phi) is 8.76.